The van der Waals surface area contributed by atoms with E-state index in [4.69, 9.17) is 4.74 Å². The summed E-state index contributed by atoms with van der Waals surface area (Å²) in [6.45, 7) is 5.76. The van der Waals surface area contributed by atoms with Crippen LogP contribution in [0.15, 0.2) is 30.3 Å². The highest BCUT2D eigenvalue weighted by Gasteiger charge is 2.13. The number of rotatable bonds is 4. The number of ether oxygens (including phenoxy) is 1. The monoisotopic (exact) mass is 273 g/mol. The van der Waals surface area contributed by atoms with Crippen LogP contribution in [0, 0.1) is 6.92 Å². The molecule has 2 rings (SSSR count). The average Bonchev–Trinajstić information content (AvgIpc) is 2.80. The van der Waals surface area contributed by atoms with E-state index in [9.17, 15) is 4.79 Å². The number of aromatic nitrogens is 2. The topological polar surface area (TPSA) is 56.2 Å². The van der Waals surface area contributed by atoms with Crippen LogP contribution in [0.2, 0.25) is 0 Å². The molecule has 0 aliphatic heterocycles. The fourth-order valence-corrected chi connectivity index (χ4v) is 1.91. The Labute approximate surface area is 118 Å². The Balaban J connectivity index is 2.28. The highest BCUT2D eigenvalue weighted by molar-refractivity contribution is 5.92. The lowest BCUT2D eigenvalue weighted by Gasteiger charge is -2.06. The maximum absolute atomic E-state index is 11.9. The number of aryl methyl sites for hydroxylation is 1. The van der Waals surface area contributed by atoms with Gasteiger partial charge in [0.05, 0.1) is 12.8 Å². The third-order valence-corrected chi connectivity index (χ3v) is 2.86. The first-order valence-corrected chi connectivity index (χ1v) is 6.53. The molecule has 1 aromatic heterocycles. The SMILES string of the molecule is COc1ccc(-n2nc(C(=O)NC(C)C)cc2C)cc1. The quantitative estimate of drug-likeness (QED) is 0.930. The van der Waals surface area contributed by atoms with E-state index < -0.39 is 0 Å². The van der Waals surface area contributed by atoms with Crippen molar-refractivity contribution in [3.63, 3.8) is 0 Å². The van der Waals surface area contributed by atoms with Crippen molar-refractivity contribution >= 4 is 5.91 Å². The number of hydrogen-bond donors (Lipinski definition) is 1. The second-order valence-corrected chi connectivity index (χ2v) is 4.91. The third-order valence-electron chi connectivity index (χ3n) is 2.86. The third kappa shape index (κ3) is 2.99. The van der Waals surface area contributed by atoms with Crippen molar-refractivity contribution in [3.8, 4) is 11.4 Å². The van der Waals surface area contributed by atoms with E-state index >= 15 is 0 Å². The van der Waals surface area contributed by atoms with Gasteiger partial charge in [0.15, 0.2) is 5.69 Å². The van der Waals surface area contributed by atoms with Gasteiger partial charge in [-0.3, -0.25) is 4.79 Å². The molecule has 20 heavy (non-hydrogen) atoms. The molecule has 0 saturated carbocycles. The van der Waals surface area contributed by atoms with Gasteiger partial charge < -0.3 is 10.1 Å². The summed E-state index contributed by atoms with van der Waals surface area (Å²) in [5.74, 6) is 0.631. The largest absolute Gasteiger partial charge is 0.497 e. The fraction of sp³-hybridized carbons (Fsp3) is 0.333. The van der Waals surface area contributed by atoms with Crippen LogP contribution in [0.5, 0.6) is 5.75 Å². The lowest BCUT2D eigenvalue weighted by molar-refractivity contribution is 0.0937. The zero-order chi connectivity index (χ0) is 14.7. The molecule has 2 aromatic rings. The zero-order valence-electron chi connectivity index (χ0n) is 12.2. The van der Waals surface area contributed by atoms with Crippen LogP contribution in [0.1, 0.15) is 30.0 Å². The molecule has 1 N–H and O–H groups in total. The van der Waals surface area contributed by atoms with Gasteiger partial charge in [0.25, 0.3) is 5.91 Å². The molecule has 106 valence electrons. The van der Waals surface area contributed by atoms with Gasteiger partial charge >= 0.3 is 0 Å². The molecule has 0 saturated heterocycles. The maximum Gasteiger partial charge on any atom is 0.271 e. The predicted octanol–water partition coefficient (Wildman–Crippen LogP) is 2.33. The molecule has 0 spiro atoms. The Morgan fingerprint density at radius 3 is 2.50 bits per heavy atom. The van der Waals surface area contributed by atoms with Gasteiger partial charge in [0.1, 0.15) is 5.75 Å². The summed E-state index contributed by atoms with van der Waals surface area (Å²) >= 11 is 0. The van der Waals surface area contributed by atoms with Crippen LogP contribution in [0.3, 0.4) is 0 Å². The molecule has 0 bridgehead atoms. The Kier molecular flexibility index (Phi) is 4.08. The first kappa shape index (κ1) is 14.1. The highest BCUT2D eigenvalue weighted by atomic mass is 16.5. The van der Waals surface area contributed by atoms with Crippen LogP contribution in [0.4, 0.5) is 0 Å². The summed E-state index contributed by atoms with van der Waals surface area (Å²) in [4.78, 5) is 11.9. The minimum atomic E-state index is -0.157. The van der Waals surface area contributed by atoms with E-state index in [1.54, 1.807) is 17.9 Å². The predicted molar refractivity (Wildman–Crippen MR) is 77.5 cm³/mol. The van der Waals surface area contributed by atoms with Gasteiger partial charge in [-0.1, -0.05) is 0 Å². The van der Waals surface area contributed by atoms with E-state index in [0.29, 0.717) is 5.69 Å². The maximum atomic E-state index is 11.9. The second-order valence-electron chi connectivity index (χ2n) is 4.91. The number of nitrogens with one attached hydrogen (secondary N) is 1. The van der Waals surface area contributed by atoms with Gasteiger partial charge in [-0.2, -0.15) is 5.10 Å². The second kappa shape index (κ2) is 5.77. The van der Waals surface area contributed by atoms with Crippen LogP contribution in [0.25, 0.3) is 5.69 Å². The Morgan fingerprint density at radius 2 is 1.95 bits per heavy atom. The molecule has 1 amide bonds. The molecule has 0 atom stereocenters. The van der Waals surface area contributed by atoms with Crippen LogP contribution in [-0.4, -0.2) is 28.8 Å². The van der Waals surface area contributed by atoms with Crippen molar-refractivity contribution < 1.29 is 9.53 Å². The van der Waals surface area contributed by atoms with Crippen molar-refractivity contribution in [1.82, 2.24) is 15.1 Å². The van der Waals surface area contributed by atoms with Gasteiger partial charge in [-0.15, -0.1) is 0 Å². The fourth-order valence-electron chi connectivity index (χ4n) is 1.91. The van der Waals surface area contributed by atoms with E-state index in [1.165, 1.54) is 0 Å². The van der Waals surface area contributed by atoms with Crippen LogP contribution < -0.4 is 10.1 Å². The first-order chi connectivity index (χ1) is 9.51. The summed E-state index contributed by atoms with van der Waals surface area (Å²) in [5.41, 5.74) is 2.22. The van der Waals surface area contributed by atoms with E-state index in [0.717, 1.165) is 17.1 Å². The lowest BCUT2D eigenvalue weighted by atomic mass is 10.3. The van der Waals surface area contributed by atoms with Gasteiger partial charge in [-0.25, -0.2) is 4.68 Å². The molecule has 0 aliphatic carbocycles. The molecule has 1 aromatic carbocycles. The minimum absolute atomic E-state index is 0.0916. The normalized spacial score (nSPS) is 10.7. The number of carbonyl (C=O) groups is 1. The van der Waals surface area contributed by atoms with Crippen LogP contribution in [-0.2, 0) is 0 Å². The molecular weight excluding hydrogens is 254 g/mol. The lowest BCUT2D eigenvalue weighted by Crippen LogP contribution is -2.30. The summed E-state index contributed by atoms with van der Waals surface area (Å²) < 4.78 is 6.87. The van der Waals surface area contributed by atoms with Crippen molar-refractivity contribution in [2.75, 3.05) is 7.11 Å². The van der Waals surface area contributed by atoms with E-state index in [2.05, 4.69) is 10.4 Å². The number of nitrogens with zero attached hydrogens (tertiary/aromatic N) is 2. The summed E-state index contributed by atoms with van der Waals surface area (Å²) in [6.07, 6.45) is 0. The Bertz CT molecular complexity index is 600. The number of hydrogen-bond acceptors (Lipinski definition) is 3. The number of methoxy groups -OCH3 is 1. The summed E-state index contributed by atoms with van der Waals surface area (Å²) in [7, 11) is 1.63. The van der Waals surface area contributed by atoms with Crippen molar-refractivity contribution in [1.29, 1.82) is 0 Å². The summed E-state index contributed by atoms with van der Waals surface area (Å²) in [6, 6.07) is 9.41. The Hall–Kier alpha value is -2.30. The summed E-state index contributed by atoms with van der Waals surface area (Å²) in [5, 5.41) is 7.19. The molecule has 5 heteroatoms. The zero-order valence-corrected chi connectivity index (χ0v) is 12.2. The van der Waals surface area contributed by atoms with Gasteiger partial charge in [0, 0.05) is 11.7 Å². The number of benzene rings is 1. The average molecular weight is 273 g/mol. The van der Waals surface area contributed by atoms with Crippen molar-refractivity contribution in [3.05, 3.63) is 41.7 Å². The highest BCUT2D eigenvalue weighted by Crippen LogP contribution is 2.16. The molecule has 1 heterocycles. The van der Waals surface area contributed by atoms with E-state index in [-0.39, 0.29) is 11.9 Å². The number of amides is 1. The van der Waals surface area contributed by atoms with Gasteiger partial charge in [-0.05, 0) is 51.1 Å². The number of carbonyl (C=O) groups excluding carboxylic acids is 1. The molecule has 0 unspecified atom stereocenters. The molecular formula is C15H19N3O2. The van der Waals surface area contributed by atoms with Gasteiger partial charge in [0.2, 0.25) is 0 Å². The van der Waals surface area contributed by atoms with Crippen molar-refractivity contribution in [2.24, 2.45) is 0 Å². The molecule has 0 fully saturated rings. The Morgan fingerprint density at radius 1 is 1.30 bits per heavy atom. The van der Waals surface area contributed by atoms with Crippen molar-refractivity contribution in [2.45, 2.75) is 26.8 Å². The van der Waals surface area contributed by atoms with Crippen LogP contribution >= 0.6 is 0 Å². The molecule has 0 radical (unpaired) electrons. The first-order valence-electron chi connectivity index (χ1n) is 6.53. The van der Waals surface area contributed by atoms with E-state index in [1.807, 2.05) is 45.0 Å². The molecule has 5 nitrogen and oxygen atoms in total. The smallest absolute Gasteiger partial charge is 0.271 e. The standard InChI is InChI=1S/C15H19N3O2/c1-10(2)16-15(19)14-9-11(3)18(17-14)12-5-7-13(20-4)8-6-12/h5-10H,1-4H3,(H,16,19). The minimum Gasteiger partial charge on any atom is -0.497 e. The molecule has 0 aliphatic rings.